The molecule has 0 bridgehead atoms. The molecular formula is C30H30ClN5O5S. The van der Waals surface area contributed by atoms with Gasteiger partial charge in [-0.15, -0.1) is 0 Å². The van der Waals surface area contributed by atoms with Crippen LogP contribution >= 0.6 is 11.6 Å². The molecule has 1 unspecified atom stereocenters. The number of aliphatic hydroxyl groups is 1. The number of hydrogen-bond acceptors (Lipinski definition) is 8. The van der Waals surface area contributed by atoms with Crippen molar-refractivity contribution in [1.82, 2.24) is 19.3 Å². The van der Waals surface area contributed by atoms with Crippen molar-refractivity contribution in [3.05, 3.63) is 65.2 Å². The number of aromatic amines is 1. The summed E-state index contributed by atoms with van der Waals surface area (Å²) >= 11 is 7.35. The number of fused-ring (bicyclic) bond motifs is 2. The largest absolute Gasteiger partial charge is 0.456 e. The summed E-state index contributed by atoms with van der Waals surface area (Å²) in [5.41, 5.74) is 5.92. The maximum Gasteiger partial charge on any atom is 0.296 e. The minimum atomic E-state index is -0.642. The van der Waals surface area contributed by atoms with E-state index in [1.807, 2.05) is 31.2 Å². The Labute approximate surface area is 251 Å². The number of aliphatic hydroxyl groups excluding tert-OH is 1. The van der Waals surface area contributed by atoms with Gasteiger partial charge in [0.2, 0.25) is 5.91 Å². The maximum atomic E-state index is 12.1. The zero-order valence-electron chi connectivity index (χ0n) is 22.8. The Bertz CT molecular complexity index is 1650. The molecule has 2 N–H and O–H groups in total. The number of amides is 1. The Morgan fingerprint density at radius 1 is 1.07 bits per heavy atom. The number of thiol groups is 1. The van der Waals surface area contributed by atoms with E-state index < -0.39 is 6.10 Å². The highest BCUT2D eigenvalue weighted by molar-refractivity contribution is 7.66. The molecule has 3 saturated heterocycles. The van der Waals surface area contributed by atoms with Crippen molar-refractivity contribution in [1.29, 1.82) is 0 Å². The van der Waals surface area contributed by atoms with E-state index >= 15 is 0 Å². The van der Waals surface area contributed by atoms with E-state index in [2.05, 4.69) is 38.6 Å². The van der Waals surface area contributed by atoms with Gasteiger partial charge in [-0.25, -0.2) is 9.35 Å². The van der Waals surface area contributed by atoms with Gasteiger partial charge in [-0.2, -0.15) is 4.98 Å². The average Bonchev–Trinajstić information content (AvgIpc) is 3.76. The van der Waals surface area contributed by atoms with Crippen LogP contribution in [-0.4, -0.2) is 74.4 Å². The predicted molar refractivity (Wildman–Crippen MR) is 160 cm³/mol. The number of aromatic nitrogens is 3. The van der Waals surface area contributed by atoms with Crippen molar-refractivity contribution < 1.29 is 24.1 Å². The molecule has 10 nitrogen and oxygen atoms in total. The molecule has 12 heteroatoms. The van der Waals surface area contributed by atoms with Crippen molar-refractivity contribution in [2.75, 3.05) is 19.8 Å². The fourth-order valence-corrected chi connectivity index (χ4v) is 6.67. The molecule has 42 heavy (non-hydrogen) atoms. The number of hydrogen-bond donors (Lipinski definition) is 3. The molecule has 4 aromatic rings. The number of H-pyrrole nitrogens is 1. The zero-order valence-corrected chi connectivity index (χ0v) is 24.5. The van der Waals surface area contributed by atoms with Gasteiger partial charge >= 0.3 is 0 Å². The van der Waals surface area contributed by atoms with Gasteiger partial charge < -0.3 is 19.3 Å². The van der Waals surface area contributed by atoms with Crippen LogP contribution in [0.1, 0.15) is 18.9 Å². The molecule has 2 aromatic carbocycles. The molecule has 3 aliphatic heterocycles. The van der Waals surface area contributed by atoms with Crippen LogP contribution in [0.25, 0.3) is 33.5 Å². The second-order valence-electron chi connectivity index (χ2n) is 10.9. The zero-order chi connectivity index (χ0) is 28.8. The highest BCUT2D eigenvalue weighted by Crippen LogP contribution is 2.33. The highest BCUT2D eigenvalue weighted by atomic mass is 35.5. The molecule has 0 radical (unpaired) electrons. The van der Waals surface area contributed by atoms with Crippen LogP contribution in [0.5, 0.6) is 6.01 Å². The van der Waals surface area contributed by atoms with Gasteiger partial charge in [0.1, 0.15) is 23.8 Å². The number of benzene rings is 2. The minimum absolute atomic E-state index is 0.108. The van der Waals surface area contributed by atoms with E-state index in [-0.39, 0.29) is 36.7 Å². The number of rotatable bonds is 7. The SMILES string of the molecule is CC1CCN([SH]=NCc2ccc(-c3ccc(-c4nc5[nH]c(O[C@@H]6CO[C@H]7[C@@H]6OC[C@H]7O)nc5cc4Cl)cc3)cc2)C1=O. The molecule has 5 atom stereocenters. The van der Waals surface area contributed by atoms with E-state index in [9.17, 15) is 9.90 Å². The van der Waals surface area contributed by atoms with Crippen LogP contribution in [0.2, 0.25) is 5.02 Å². The summed E-state index contributed by atoms with van der Waals surface area (Å²) in [5.74, 6) is 0.296. The molecule has 5 heterocycles. The molecular weight excluding hydrogens is 578 g/mol. The van der Waals surface area contributed by atoms with Gasteiger partial charge in [0.25, 0.3) is 6.01 Å². The third kappa shape index (κ3) is 5.31. The number of ether oxygens (including phenoxy) is 3. The lowest BCUT2D eigenvalue weighted by Crippen LogP contribution is -2.34. The van der Waals surface area contributed by atoms with Gasteiger partial charge in [-0.3, -0.25) is 14.1 Å². The molecule has 1 amide bonds. The van der Waals surface area contributed by atoms with E-state index in [1.54, 1.807) is 10.4 Å². The second kappa shape index (κ2) is 11.4. The fourth-order valence-electron chi connectivity index (χ4n) is 5.55. The van der Waals surface area contributed by atoms with Crippen molar-refractivity contribution in [3.63, 3.8) is 0 Å². The standard InChI is InChI=1S/C30H30ClN5O5S/c1-16-10-11-36(29(16)38)42-32-13-17-2-4-18(5-3-17)19-6-8-20(9-7-19)25-21(31)12-22-28(34-25)35-30(33-22)41-24-15-40-26-23(37)14-39-27(24)26/h2-9,12,16,23-24,26-27,37,42H,10-11,13-15H2,1H3,(H,33,34,35)/t16?,23-,24-,26-,27-/m1/s1. The Morgan fingerprint density at radius 3 is 2.52 bits per heavy atom. The lowest BCUT2D eigenvalue weighted by molar-refractivity contribution is -0.126. The van der Waals surface area contributed by atoms with Gasteiger partial charge in [-0.1, -0.05) is 67.1 Å². The van der Waals surface area contributed by atoms with Gasteiger partial charge in [0, 0.05) is 18.0 Å². The number of nitrogens with zero attached hydrogens (tertiary/aromatic N) is 4. The number of carbonyl (C=O) groups is 1. The molecule has 7 rings (SSSR count). The average molecular weight is 608 g/mol. The van der Waals surface area contributed by atoms with E-state index in [0.717, 1.165) is 47.0 Å². The van der Waals surface area contributed by atoms with Crippen LogP contribution in [0.3, 0.4) is 0 Å². The number of carbonyl (C=O) groups excluding carboxylic acids is 1. The second-order valence-corrected chi connectivity index (χ2v) is 12.2. The monoisotopic (exact) mass is 607 g/mol. The van der Waals surface area contributed by atoms with Gasteiger partial charge in [-0.05, 0) is 40.9 Å². The topological polar surface area (TPSA) is 122 Å². The molecule has 3 aliphatic rings. The first kappa shape index (κ1) is 27.5. The Kier molecular flexibility index (Phi) is 7.45. The number of nitrogens with one attached hydrogen (secondary N) is 1. The van der Waals surface area contributed by atoms with Crippen molar-refractivity contribution in [2.24, 2.45) is 10.3 Å². The fraction of sp³-hybridized carbons (Fsp3) is 0.367. The summed E-state index contributed by atoms with van der Waals surface area (Å²) in [7, 11) is 0. The molecule has 0 aliphatic carbocycles. The number of halogens is 1. The van der Waals surface area contributed by atoms with Gasteiger partial charge in [0.05, 0.1) is 30.5 Å². The Balaban J connectivity index is 1.02. The Morgan fingerprint density at radius 2 is 1.79 bits per heavy atom. The van der Waals surface area contributed by atoms with E-state index in [0.29, 0.717) is 41.0 Å². The Hall–Kier alpha value is -3.35. The minimum Gasteiger partial charge on any atom is -0.456 e. The first-order chi connectivity index (χ1) is 20.4. The third-order valence-electron chi connectivity index (χ3n) is 7.97. The van der Waals surface area contributed by atoms with E-state index in [4.69, 9.17) is 30.8 Å². The summed E-state index contributed by atoms with van der Waals surface area (Å²) in [6.07, 6.45) is -0.818. The van der Waals surface area contributed by atoms with Crippen LogP contribution in [0.4, 0.5) is 0 Å². The summed E-state index contributed by atoms with van der Waals surface area (Å²) < 4.78 is 23.6. The van der Waals surface area contributed by atoms with Gasteiger partial charge in [0.15, 0.2) is 11.8 Å². The molecule has 0 spiro atoms. The first-order valence-electron chi connectivity index (χ1n) is 14.0. The third-order valence-corrected chi connectivity index (χ3v) is 9.14. The maximum absolute atomic E-state index is 12.1. The van der Waals surface area contributed by atoms with Crippen molar-refractivity contribution >= 4 is 40.4 Å². The summed E-state index contributed by atoms with van der Waals surface area (Å²) in [4.78, 5) is 24.4. The normalized spacial score (nSPS) is 25.8. The molecule has 0 saturated carbocycles. The predicted octanol–water partition coefficient (Wildman–Crippen LogP) is 4.13. The summed E-state index contributed by atoms with van der Waals surface area (Å²) in [5, 5.41) is 10.4. The lowest BCUT2D eigenvalue weighted by Gasteiger charge is -2.15. The number of pyridine rings is 1. The molecule has 218 valence electrons. The van der Waals surface area contributed by atoms with Crippen LogP contribution in [-0.2, 0) is 32.6 Å². The highest BCUT2D eigenvalue weighted by Gasteiger charge is 2.48. The van der Waals surface area contributed by atoms with Crippen molar-refractivity contribution in [3.8, 4) is 28.4 Å². The quantitative estimate of drug-likeness (QED) is 0.270. The van der Waals surface area contributed by atoms with Crippen LogP contribution in [0, 0.1) is 5.92 Å². The molecule has 2 aromatic heterocycles. The van der Waals surface area contributed by atoms with Crippen molar-refractivity contribution in [2.45, 2.75) is 44.3 Å². The lowest BCUT2D eigenvalue weighted by atomic mass is 10.0. The van der Waals surface area contributed by atoms with Crippen LogP contribution < -0.4 is 4.74 Å². The smallest absolute Gasteiger partial charge is 0.296 e. The summed E-state index contributed by atoms with van der Waals surface area (Å²) in [6.45, 7) is 3.87. The molecule has 3 fully saturated rings. The first-order valence-corrected chi connectivity index (χ1v) is 15.1. The number of imidazole rings is 1. The van der Waals surface area contributed by atoms with Crippen LogP contribution in [0.15, 0.2) is 59.0 Å². The van der Waals surface area contributed by atoms with E-state index in [1.165, 1.54) is 0 Å². The summed E-state index contributed by atoms with van der Waals surface area (Å²) in [6, 6.07) is 18.5.